The molecule has 0 saturated carbocycles. The number of hydrogen-bond donors (Lipinski definition) is 1. The summed E-state index contributed by atoms with van der Waals surface area (Å²) in [6, 6.07) is 3.53. The van der Waals surface area contributed by atoms with Gasteiger partial charge in [0.15, 0.2) is 0 Å². The molecular weight excluding hydrogens is 245 g/mol. The third kappa shape index (κ3) is 3.06. The molecule has 0 spiro atoms. The lowest BCUT2D eigenvalue weighted by atomic mass is 9.86. The van der Waals surface area contributed by atoms with Crippen molar-refractivity contribution in [1.82, 2.24) is 4.90 Å². The Labute approximate surface area is 113 Å². The van der Waals surface area contributed by atoms with E-state index < -0.39 is 5.82 Å². The van der Waals surface area contributed by atoms with Crippen LogP contribution in [0.3, 0.4) is 0 Å². The summed E-state index contributed by atoms with van der Waals surface area (Å²) in [5.74, 6) is 0.269. The monoisotopic (exact) mass is 265 g/mol. The maximum absolute atomic E-state index is 12.9. The molecule has 19 heavy (non-hydrogen) atoms. The van der Waals surface area contributed by atoms with Crippen LogP contribution < -0.4 is 0 Å². The van der Waals surface area contributed by atoms with Crippen molar-refractivity contribution in [2.75, 3.05) is 13.1 Å². The first-order valence-electron chi connectivity index (χ1n) is 6.77. The fraction of sp³-hybridized carbons (Fsp3) is 0.533. The van der Waals surface area contributed by atoms with Gasteiger partial charge in [-0.05, 0) is 36.8 Å². The molecule has 1 aromatic rings. The molecular formula is C15H20FNO2. The van der Waals surface area contributed by atoms with E-state index in [-0.39, 0.29) is 17.2 Å². The Morgan fingerprint density at radius 2 is 2.00 bits per heavy atom. The van der Waals surface area contributed by atoms with Gasteiger partial charge in [-0.25, -0.2) is 4.39 Å². The Bertz CT molecular complexity index is 465. The summed E-state index contributed by atoms with van der Waals surface area (Å²) in [6.07, 6.45) is 1.98. The molecule has 0 radical (unpaired) electrons. The number of aromatic hydroxyl groups is 1. The summed E-state index contributed by atoms with van der Waals surface area (Å²) < 4.78 is 12.9. The van der Waals surface area contributed by atoms with Crippen LogP contribution in [0.25, 0.3) is 0 Å². The fourth-order valence-corrected chi connectivity index (χ4v) is 2.63. The maximum Gasteiger partial charge on any atom is 0.257 e. The highest BCUT2D eigenvalue weighted by atomic mass is 19.1. The van der Waals surface area contributed by atoms with Gasteiger partial charge in [-0.2, -0.15) is 0 Å². The first kappa shape index (κ1) is 13.8. The Morgan fingerprint density at radius 1 is 1.37 bits per heavy atom. The molecule has 1 aliphatic rings. The standard InChI is InChI=1S/C15H20FNO2/c1-10(2)11-5-7-17(8-6-11)15(19)13-4-3-12(16)9-14(13)18/h3-4,9-11,18H,5-8H2,1-2H3. The average molecular weight is 265 g/mol. The highest BCUT2D eigenvalue weighted by molar-refractivity contribution is 5.96. The van der Waals surface area contributed by atoms with Crippen LogP contribution in [0.15, 0.2) is 18.2 Å². The molecule has 0 atom stereocenters. The van der Waals surface area contributed by atoms with E-state index in [0.29, 0.717) is 24.9 Å². The van der Waals surface area contributed by atoms with Crippen LogP contribution >= 0.6 is 0 Å². The SMILES string of the molecule is CC(C)C1CCN(C(=O)c2ccc(F)cc2O)CC1. The molecule has 1 heterocycles. The van der Waals surface area contributed by atoms with Gasteiger partial charge in [0, 0.05) is 19.2 Å². The Balaban J connectivity index is 2.05. The van der Waals surface area contributed by atoms with Crippen LogP contribution in [0.4, 0.5) is 4.39 Å². The number of carbonyl (C=O) groups is 1. The van der Waals surface area contributed by atoms with Gasteiger partial charge in [0.25, 0.3) is 5.91 Å². The van der Waals surface area contributed by atoms with E-state index in [1.54, 1.807) is 4.90 Å². The summed E-state index contributed by atoms with van der Waals surface area (Å²) in [6.45, 7) is 5.82. The van der Waals surface area contributed by atoms with Gasteiger partial charge >= 0.3 is 0 Å². The van der Waals surface area contributed by atoms with Gasteiger partial charge in [-0.1, -0.05) is 13.8 Å². The third-order valence-corrected chi connectivity index (χ3v) is 3.96. The van der Waals surface area contributed by atoms with Crippen molar-refractivity contribution in [3.8, 4) is 5.75 Å². The summed E-state index contributed by atoms with van der Waals surface area (Å²) in [5.41, 5.74) is 0.185. The number of piperidine rings is 1. The number of phenols is 1. The minimum absolute atomic E-state index is 0.185. The highest BCUT2D eigenvalue weighted by Crippen LogP contribution is 2.27. The van der Waals surface area contributed by atoms with Crippen LogP contribution in [-0.4, -0.2) is 29.0 Å². The molecule has 1 aliphatic heterocycles. The number of likely N-dealkylation sites (tertiary alicyclic amines) is 1. The zero-order valence-electron chi connectivity index (χ0n) is 11.4. The molecule has 0 aromatic heterocycles. The van der Waals surface area contributed by atoms with Crippen molar-refractivity contribution in [1.29, 1.82) is 0 Å². The van der Waals surface area contributed by atoms with Gasteiger partial charge in [-0.15, -0.1) is 0 Å². The Morgan fingerprint density at radius 3 is 2.53 bits per heavy atom. The number of carbonyl (C=O) groups excluding carboxylic acids is 1. The van der Waals surface area contributed by atoms with Gasteiger partial charge in [0.1, 0.15) is 11.6 Å². The van der Waals surface area contributed by atoms with Crippen molar-refractivity contribution < 1.29 is 14.3 Å². The summed E-state index contributed by atoms with van der Waals surface area (Å²) in [4.78, 5) is 14.0. The topological polar surface area (TPSA) is 40.5 Å². The largest absolute Gasteiger partial charge is 0.507 e. The molecule has 0 bridgehead atoms. The summed E-state index contributed by atoms with van der Waals surface area (Å²) >= 11 is 0. The van der Waals surface area contributed by atoms with Gasteiger partial charge in [0.05, 0.1) is 5.56 Å². The molecule has 3 nitrogen and oxygen atoms in total. The van der Waals surface area contributed by atoms with E-state index in [2.05, 4.69) is 13.8 Å². The van der Waals surface area contributed by atoms with Crippen LogP contribution in [0.5, 0.6) is 5.75 Å². The smallest absolute Gasteiger partial charge is 0.257 e. The molecule has 4 heteroatoms. The van der Waals surface area contributed by atoms with E-state index in [9.17, 15) is 14.3 Å². The second kappa shape index (κ2) is 5.59. The lowest BCUT2D eigenvalue weighted by molar-refractivity contribution is 0.0664. The summed E-state index contributed by atoms with van der Waals surface area (Å²) in [7, 11) is 0. The zero-order valence-corrected chi connectivity index (χ0v) is 11.4. The van der Waals surface area contributed by atoms with Gasteiger partial charge in [0.2, 0.25) is 0 Å². The normalized spacial score (nSPS) is 16.9. The van der Waals surface area contributed by atoms with E-state index in [1.807, 2.05) is 0 Å². The summed E-state index contributed by atoms with van der Waals surface area (Å²) in [5, 5.41) is 9.65. The molecule has 1 saturated heterocycles. The second-order valence-electron chi connectivity index (χ2n) is 5.54. The van der Waals surface area contributed by atoms with Crippen molar-refractivity contribution in [3.63, 3.8) is 0 Å². The van der Waals surface area contributed by atoms with E-state index in [1.165, 1.54) is 12.1 Å². The number of hydrogen-bond acceptors (Lipinski definition) is 2. The quantitative estimate of drug-likeness (QED) is 0.893. The molecule has 1 amide bonds. The first-order valence-corrected chi connectivity index (χ1v) is 6.77. The highest BCUT2D eigenvalue weighted by Gasteiger charge is 2.26. The van der Waals surface area contributed by atoms with Gasteiger partial charge < -0.3 is 10.0 Å². The molecule has 1 fully saturated rings. The minimum atomic E-state index is -0.535. The van der Waals surface area contributed by atoms with E-state index >= 15 is 0 Å². The molecule has 2 rings (SSSR count). The third-order valence-electron chi connectivity index (χ3n) is 3.96. The van der Waals surface area contributed by atoms with Crippen LogP contribution in [0.2, 0.25) is 0 Å². The zero-order chi connectivity index (χ0) is 14.0. The minimum Gasteiger partial charge on any atom is -0.507 e. The molecule has 1 aromatic carbocycles. The Hall–Kier alpha value is -1.58. The van der Waals surface area contributed by atoms with Gasteiger partial charge in [-0.3, -0.25) is 4.79 Å². The van der Waals surface area contributed by atoms with Crippen molar-refractivity contribution >= 4 is 5.91 Å². The fourth-order valence-electron chi connectivity index (χ4n) is 2.63. The molecule has 104 valence electrons. The lowest BCUT2D eigenvalue weighted by Gasteiger charge is -2.34. The number of nitrogens with zero attached hydrogens (tertiary/aromatic N) is 1. The number of benzene rings is 1. The van der Waals surface area contributed by atoms with Crippen molar-refractivity contribution in [2.45, 2.75) is 26.7 Å². The average Bonchev–Trinajstić information content (AvgIpc) is 2.38. The van der Waals surface area contributed by atoms with Crippen LogP contribution in [0.1, 0.15) is 37.0 Å². The van der Waals surface area contributed by atoms with Crippen LogP contribution in [0, 0.1) is 17.7 Å². The molecule has 0 aliphatic carbocycles. The molecule has 1 N–H and O–H groups in total. The Kier molecular flexibility index (Phi) is 4.08. The lowest BCUT2D eigenvalue weighted by Crippen LogP contribution is -2.39. The number of halogens is 1. The first-order chi connectivity index (χ1) is 8.99. The van der Waals surface area contributed by atoms with Crippen LogP contribution in [-0.2, 0) is 0 Å². The molecule has 0 unspecified atom stereocenters. The van der Waals surface area contributed by atoms with Crippen molar-refractivity contribution in [3.05, 3.63) is 29.6 Å². The second-order valence-corrected chi connectivity index (χ2v) is 5.54. The predicted molar refractivity (Wildman–Crippen MR) is 71.5 cm³/mol. The maximum atomic E-state index is 12.9. The number of amides is 1. The number of phenolic OH excluding ortho intramolecular Hbond substituents is 1. The predicted octanol–water partition coefficient (Wildman–Crippen LogP) is 3.04. The van der Waals surface area contributed by atoms with Crippen molar-refractivity contribution in [2.24, 2.45) is 11.8 Å². The number of rotatable bonds is 2. The van der Waals surface area contributed by atoms with E-state index in [4.69, 9.17) is 0 Å². The van der Waals surface area contributed by atoms with E-state index in [0.717, 1.165) is 18.9 Å².